The Bertz CT molecular complexity index is 1570. The predicted molar refractivity (Wildman–Crippen MR) is 128 cm³/mol. The summed E-state index contributed by atoms with van der Waals surface area (Å²) in [6.07, 6.45) is -0.851. The molecule has 4 aromatic rings. The van der Waals surface area contributed by atoms with E-state index in [1.54, 1.807) is 5.10 Å². The van der Waals surface area contributed by atoms with Crippen LogP contribution in [0.2, 0.25) is 0 Å². The van der Waals surface area contributed by atoms with Crippen molar-refractivity contribution < 1.29 is 30.7 Å². The Labute approximate surface area is 215 Å². The van der Waals surface area contributed by atoms with Crippen LogP contribution in [0.25, 0.3) is 22.2 Å². The number of alkyl halides is 5. The average Bonchev–Trinajstić information content (AvgIpc) is 2.87. The van der Waals surface area contributed by atoms with Crippen LogP contribution in [-0.4, -0.2) is 24.7 Å². The quantitative estimate of drug-likeness (QED) is 0.247. The number of pyridine rings is 1. The molecule has 0 aliphatic heterocycles. The summed E-state index contributed by atoms with van der Waals surface area (Å²) in [6.45, 7) is 2.44. The largest absolute Gasteiger partial charge is 0.423 e. The van der Waals surface area contributed by atoms with Crippen LogP contribution in [0, 0.1) is 11.6 Å². The van der Waals surface area contributed by atoms with E-state index in [9.17, 15) is 40.3 Å². The summed E-state index contributed by atoms with van der Waals surface area (Å²) in [4.78, 5) is 30.4. The molecule has 3 aromatic heterocycles. The van der Waals surface area contributed by atoms with Crippen LogP contribution in [0.4, 0.5) is 36.4 Å². The minimum atomic E-state index is -4.74. The number of unbranched alkanes of at least 4 members (excludes halogenated alkanes) is 2. The molecular weight excluding hydrogens is 537 g/mol. The molecule has 0 amide bonds. The summed E-state index contributed by atoms with van der Waals surface area (Å²) in [5.74, 6) is -2.81. The summed E-state index contributed by atoms with van der Waals surface area (Å²) in [7, 11) is 0. The van der Waals surface area contributed by atoms with Gasteiger partial charge in [-0.1, -0.05) is 19.8 Å². The van der Waals surface area contributed by atoms with Crippen molar-refractivity contribution in [3.63, 3.8) is 0 Å². The average molecular weight is 558 g/mol. The van der Waals surface area contributed by atoms with E-state index in [1.165, 1.54) is 22.9 Å². The highest BCUT2D eigenvalue weighted by molar-refractivity contribution is 5.86. The maximum absolute atomic E-state index is 14.6. The van der Waals surface area contributed by atoms with E-state index in [0.717, 1.165) is 37.9 Å². The highest BCUT2D eigenvalue weighted by Gasteiger charge is 2.36. The van der Waals surface area contributed by atoms with Crippen molar-refractivity contribution in [1.29, 1.82) is 0 Å². The van der Waals surface area contributed by atoms with E-state index < -0.39 is 52.2 Å². The zero-order valence-electron chi connectivity index (χ0n) is 20.2. The van der Waals surface area contributed by atoms with Crippen molar-refractivity contribution in [2.24, 2.45) is 0 Å². The molecule has 0 aliphatic carbocycles. The maximum atomic E-state index is 14.6. The molecule has 0 unspecified atom stereocenters. The molecule has 3 heterocycles. The Morgan fingerprint density at radius 3 is 2.26 bits per heavy atom. The summed E-state index contributed by atoms with van der Waals surface area (Å²) < 4.78 is 91.7. The number of nitrogens with one attached hydrogen (secondary N) is 1. The monoisotopic (exact) mass is 558 g/mol. The van der Waals surface area contributed by atoms with Crippen molar-refractivity contribution in [1.82, 2.24) is 24.7 Å². The number of nitrogens with two attached hydrogens (primary N) is 1. The minimum Gasteiger partial charge on any atom is -0.397 e. The van der Waals surface area contributed by atoms with Gasteiger partial charge in [-0.25, -0.2) is 32.6 Å². The number of halogens is 7. The Morgan fingerprint density at radius 1 is 1.05 bits per heavy atom. The summed E-state index contributed by atoms with van der Waals surface area (Å²) in [6, 6.07) is 2.77. The molecular formula is C24H21F7N6O2. The van der Waals surface area contributed by atoms with Gasteiger partial charge in [-0.3, -0.25) is 9.59 Å². The second-order valence-corrected chi connectivity index (χ2v) is 8.21. The molecule has 3 N–H and O–H groups in total. The van der Waals surface area contributed by atoms with Gasteiger partial charge in [0, 0.05) is 25.1 Å². The predicted octanol–water partition coefficient (Wildman–Crippen LogP) is 5.24. The van der Waals surface area contributed by atoms with Gasteiger partial charge in [-0.15, -0.1) is 0 Å². The number of aryl methyl sites for hydroxylation is 1. The molecule has 0 radical (unpaired) electrons. The van der Waals surface area contributed by atoms with E-state index in [0.29, 0.717) is 6.54 Å². The zero-order chi connectivity index (χ0) is 28.9. The maximum Gasteiger partial charge on any atom is 0.423 e. The standard InChI is InChI=1S/C19H17F4N3O.C5H4F3N3O/c1-2-3-4-6-26-7-5-11-8-13(15(20)16(21)14(11)19(26)27)18-24-9-12(10-25-18)17(22)23;6-5(7,8)3-2(9)1-10-11-4(3)12/h5,7-10,17H,2-4,6H2,1H3;1H,(H3,9,11,12). The van der Waals surface area contributed by atoms with Crippen LogP contribution >= 0.6 is 0 Å². The molecule has 8 nitrogen and oxygen atoms in total. The lowest BCUT2D eigenvalue weighted by atomic mass is 10.1. The first-order valence-electron chi connectivity index (χ1n) is 11.4. The number of nitrogens with zero attached hydrogens (tertiary/aromatic N) is 4. The number of H-pyrrole nitrogens is 1. The number of rotatable bonds is 6. The van der Waals surface area contributed by atoms with Crippen LogP contribution < -0.4 is 16.9 Å². The second kappa shape index (κ2) is 12.0. The lowest BCUT2D eigenvalue weighted by molar-refractivity contribution is -0.138. The van der Waals surface area contributed by atoms with Crippen LogP contribution in [0.1, 0.15) is 43.7 Å². The summed E-state index contributed by atoms with van der Waals surface area (Å²) in [5.41, 5.74) is 0.175. The van der Waals surface area contributed by atoms with Gasteiger partial charge < -0.3 is 10.3 Å². The fourth-order valence-corrected chi connectivity index (χ4v) is 3.54. The van der Waals surface area contributed by atoms with E-state index in [1.807, 2.05) is 6.92 Å². The molecule has 0 spiro atoms. The Hall–Kier alpha value is -4.30. The van der Waals surface area contributed by atoms with Gasteiger partial charge in [0.1, 0.15) is 5.56 Å². The molecule has 0 aliphatic rings. The van der Waals surface area contributed by atoms with Crippen molar-refractivity contribution in [3.05, 3.63) is 80.4 Å². The van der Waals surface area contributed by atoms with E-state index in [2.05, 4.69) is 15.1 Å². The lowest BCUT2D eigenvalue weighted by Gasteiger charge is -2.10. The van der Waals surface area contributed by atoms with Crippen LogP contribution in [-0.2, 0) is 12.7 Å². The third-order valence-corrected chi connectivity index (χ3v) is 5.48. The number of aromatic amines is 1. The number of fused-ring (bicyclic) bond motifs is 1. The summed E-state index contributed by atoms with van der Waals surface area (Å²) >= 11 is 0. The third-order valence-electron chi connectivity index (χ3n) is 5.48. The van der Waals surface area contributed by atoms with Gasteiger partial charge in [0.25, 0.3) is 17.5 Å². The molecule has 0 saturated heterocycles. The SMILES string of the molecule is CCCCCn1ccc2cc(-c3ncc(C(F)F)cn3)c(F)c(F)c2c1=O.Nc1cn[nH]c(=O)c1C(F)(F)F. The van der Waals surface area contributed by atoms with Crippen molar-refractivity contribution in [2.75, 3.05) is 5.73 Å². The van der Waals surface area contributed by atoms with Crippen molar-refractivity contribution in [3.8, 4) is 11.4 Å². The number of nitrogen functional groups attached to an aromatic ring is 1. The molecule has 4 rings (SSSR count). The highest BCUT2D eigenvalue weighted by atomic mass is 19.4. The molecule has 0 saturated carbocycles. The number of benzene rings is 1. The number of anilines is 1. The molecule has 0 atom stereocenters. The molecule has 0 fully saturated rings. The van der Waals surface area contributed by atoms with E-state index >= 15 is 0 Å². The second-order valence-electron chi connectivity index (χ2n) is 8.21. The Balaban J connectivity index is 0.000000293. The normalized spacial score (nSPS) is 11.5. The van der Waals surface area contributed by atoms with Gasteiger partial charge >= 0.3 is 6.18 Å². The molecule has 1 aromatic carbocycles. The van der Waals surface area contributed by atoms with Crippen LogP contribution in [0.3, 0.4) is 0 Å². The fraction of sp³-hybridized carbons (Fsp3) is 0.292. The molecule has 208 valence electrons. The van der Waals surface area contributed by atoms with Crippen molar-refractivity contribution >= 4 is 16.5 Å². The van der Waals surface area contributed by atoms with E-state index in [-0.39, 0.29) is 22.2 Å². The first kappa shape index (κ1) is 29.3. The molecule has 39 heavy (non-hydrogen) atoms. The highest BCUT2D eigenvalue weighted by Crippen LogP contribution is 2.30. The van der Waals surface area contributed by atoms with Crippen LogP contribution in [0.5, 0.6) is 0 Å². The molecule has 15 heteroatoms. The van der Waals surface area contributed by atoms with Gasteiger partial charge in [0.2, 0.25) is 0 Å². The smallest absolute Gasteiger partial charge is 0.397 e. The number of hydrogen-bond acceptors (Lipinski definition) is 6. The van der Waals surface area contributed by atoms with E-state index in [4.69, 9.17) is 5.73 Å². The first-order valence-corrected chi connectivity index (χ1v) is 11.4. The summed E-state index contributed by atoms with van der Waals surface area (Å²) in [5, 5.41) is 4.59. The van der Waals surface area contributed by atoms with Gasteiger partial charge in [-0.05, 0) is 23.9 Å². The number of hydrogen-bond donors (Lipinski definition) is 2. The minimum absolute atomic E-state index is 0.196. The van der Waals surface area contributed by atoms with Gasteiger partial charge in [0.05, 0.1) is 28.4 Å². The van der Waals surface area contributed by atoms with Crippen molar-refractivity contribution in [2.45, 2.75) is 45.3 Å². The zero-order valence-corrected chi connectivity index (χ0v) is 20.2. The Morgan fingerprint density at radius 2 is 1.72 bits per heavy atom. The first-order chi connectivity index (χ1) is 18.4. The van der Waals surface area contributed by atoms with Crippen LogP contribution in [0.15, 0.2) is 46.5 Å². The number of aromatic nitrogens is 5. The molecule has 0 bridgehead atoms. The van der Waals surface area contributed by atoms with Gasteiger partial charge in [0.15, 0.2) is 17.5 Å². The lowest BCUT2D eigenvalue weighted by Crippen LogP contribution is -2.24. The Kier molecular flexibility index (Phi) is 9.04. The fourth-order valence-electron chi connectivity index (χ4n) is 3.54. The topological polar surface area (TPSA) is 120 Å². The third kappa shape index (κ3) is 6.59. The van der Waals surface area contributed by atoms with Gasteiger partial charge in [-0.2, -0.15) is 18.3 Å².